The number of halogens is 2. The zero-order valence-corrected chi connectivity index (χ0v) is 15.1. The highest BCUT2D eigenvalue weighted by Crippen LogP contribution is 2.34. The number of fused-ring (bicyclic) bond motifs is 1. The van der Waals surface area contributed by atoms with Gasteiger partial charge in [-0.1, -0.05) is 52.1 Å². The number of hydrogen-bond acceptors (Lipinski definition) is 6. The maximum Gasteiger partial charge on any atom is 0.138 e. The lowest BCUT2D eigenvalue weighted by molar-refractivity contribution is 0.628. The molecule has 0 fully saturated rings. The molecule has 8 heteroatoms. The van der Waals surface area contributed by atoms with Crippen LogP contribution in [0.15, 0.2) is 53.6 Å². The average molecular weight is 389 g/mol. The van der Waals surface area contributed by atoms with Crippen LogP contribution in [0.2, 0.25) is 4.34 Å². The van der Waals surface area contributed by atoms with Crippen LogP contribution in [-0.4, -0.2) is 19.8 Å². The summed E-state index contributed by atoms with van der Waals surface area (Å²) in [5, 5.41) is 15.5. The Balaban J connectivity index is 1.74. The number of thioether (sulfide) groups is 1. The lowest BCUT2D eigenvalue weighted by atomic mass is 10.1. The van der Waals surface area contributed by atoms with Crippen LogP contribution in [-0.2, 0) is 5.75 Å². The molecule has 0 amide bonds. The average Bonchev–Trinajstić information content (AvgIpc) is 3.05. The summed E-state index contributed by atoms with van der Waals surface area (Å²) < 4.78 is 17.6. The second kappa shape index (κ2) is 7.03. The van der Waals surface area contributed by atoms with E-state index in [0.717, 1.165) is 32.7 Å². The van der Waals surface area contributed by atoms with Gasteiger partial charge in [-0.05, 0) is 24.3 Å². The van der Waals surface area contributed by atoms with E-state index in [4.69, 9.17) is 11.6 Å². The molecule has 4 rings (SSSR count). The molecule has 4 aromatic rings. The fourth-order valence-corrected chi connectivity index (χ4v) is 4.13. The molecule has 0 unspecified atom stereocenters. The number of rotatable bonds is 4. The second-order valence-electron chi connectivity index (χ2n) is 5.19. The summed E-state index contributed by atoms with van der Waals surface area (Å²) >= 11 is 8.74. The Bertz CT molecular complexity index is 1040. The van der Waals surface area contributed by atoms with Crippen molar-refractivity contribution in [2.45, 2.75) is 10.8 Å². The Morgan fingerprint density at radius 1 is 0.960 bits per heavy atom. The maximum atomic E-state index is 13.2. The van der Waals surface area contributed by atoms with Crippen molar-refractivity contribution in [3.05, 3.63) is 64.4 Å². The number of nitrogens with zero attached hydrogens (tertiary/aromatic N) is 4. The van der Waals surface area contributed by atoms with Gasteiger partial charge in [0.05, 0.1) is 0 Å². The summed E-state index contributed by atoms with van der Waals surface area (Å²) in [7, 11) is 0. The van der Waals surface area contributed by atoms with Gasteiger partial charge in [0.1, 0.15) is 26.6 Å². The Kier molecular flexibility index (Phi) is 4.61. The van der Waals surface area contributed by atoms with Crippen LogP contribution in [0.5, 0.6) is 0 Å². The van der Waals surface area contributed by atoms with Gasteiger partial charge in [-0.3, -0.25) is 0 Å². The minimum absolute atomic E-state index is 0.276. The van der Waals surface area contributed by atoms with E-state index < -0.39 is 0 Å². The molecule has 0 radical (unpaired) electrons. The molecule has 0 saturated carbocycles. The molecule has 124 valence electrons. The SMILES string of the molecule is Fc1ccc(-c2nnc(SCc3nnsc3Cl)c3ccccc23)cc1. The van der Waals surface area contributed by atoms with Crippen molar-refractivity contribution in [1.29, 1.82) is 0 Å². The summed E-state index contributed by atoms with van der Waals surface area (Å²) in [4.78, 5) is 0. The quantitative estimate of drug-likeness (QED) is 0.448. The predicted octanol–water partition coefficient (Wildman–Crippen LogP) is 5.23. The Labute approximate surface area is 156 Å². The normalized spacial score (nSPS) is 11.1. The van der Waals surface area contributed by atoms with Crippen molar-refractivity contribution in [1.82, 2.24) is 19.8 Å². The lowest BCUT2D eigenvalue weighted by Gasteiger charge is -2.08. The molecular weight excluding hydrogens is 379 g/mol. The summed E-state index contributed by atoms with van der Waals surface area (Å²) in [6, 6.07) is 14.2. The van der Waals surface area contributed by atoms with Gasteiger partial charge < -0.3 is 0 Å². The van der Waals surface area contributed by atoms with Crippen LogP contribution >= 0.6 is 34.9 Å². The third-order valence-electron chi connectivity index (χ3n) is 3.63. The molecule has 0 aliphatic heterocycles. The minimum atomic E-state index is -0.276. The first kappa shape index (κ1) is 16.4. The highest BCUT2D eigenvalue weighted by molar-refractivity contribution is 7.98. The van der Waals surface area contributed by atoms with Crippen LogP contribution in [0.3, 0.4) is 0 Å². The largest absolute Gasteiger partial charge is 0.207 e. The smallest absolute Gasteiger partial charge is 0.138 e. The summed E-state index contributed by atoms with van der Waals surface area (Å²) in [6.45, 7) is 0. The van der Waals surface area contributed by atoms with Crippen molar-refractivity contribution >= 4 is 45.7 Å². The van der Waals surface area contributed by atoms with Gasteiger partial charge >= 0.3 is 0 Å². The van der Waals surface area contributed by atoms with E-state index in [9.17, 15) is 4.39 Å². The molecule has 0 saturated heterocycles. The van der Waals surface area contributed by atoms with Gasteiger partial charge in [-0.2, -0.15) is 0 Å². The van der Waals surface area contributed by atoms with Gasteiger partial charge in [-0.15, -0.1) is 15.3 Å². The zero-order valence-electron chi connectivity index (χ0n) is 12.7. The molecular formula is C17H10ClFN4S2. The fraction of sp³-hybridized carbons (Fsp3) is 0.0588. The van der Waals surface area contributed by atoms with E-state index in [1.54, 1.807) is 12.1 Å². The molecule has 0 aliphatic carbocycles. The first-order valence-corrected chi connectivity index (χ1v) is 9.47. The van der Waals surface area contributed by atoms with Crippen LogP contribution in [0.1, 0.15) is 5.69 Å². The molecule has 0 bridgehead atoms. The Hall–Kier alpha value is -2.09. The molecule has 2 heterocycles. The summed E-state index contributed by atoms with van der Waals surface area (Å²) in [5.74, 6) is 0.297. The van der Waals surface area contributed by atoms with Crippen molar-refractivity contribution in [3.8, 4) is 11.3 Å². The van der Waals surface area contributed by atoms with Gasteiger partial charge in [0.15, 0.2) is 0 Å². The Morgan fingerprint density at radius 2 is 1.72 bits per heavy atom. The second-order valence-corrected chi connectivity index (χ2v) is 7.51. The summed E-state index contributed by atoms with van der Waals surface area (Å²) in [5.41, 5.74) is 2.30. The molecule has 25 heavy (non-hydrogen) atoms. The highest BCUT2D eigenvalue weighted by Gasteiger charge is 2.13. The minimum Gasteiger partial charge on any atom is -0.207 e. The number of aromatic nitrogens is 4. The van der Waals surface area contributed by atoms with Crippen molar-refractivity contribution in [3.63, 3.8) is 0 Å². The van der Waals surface area contributed by atoms with E-state index in [1.807, 2.05) is 24.3 Å². The standard InChI is InChI=1S/C17H10ClFN4S2/c18-16-14(20-23-25-16)9-24-17-13-4-2-1-3-12(13)15(21-22-17)10-5-7-11(19)8-6-10/h1-8H,9H2. The third-order valence-corrected chi connectivity index (χ3v) is 5.60. The van der Waals surface area contributed by atoms with E-state index in [0.29, 0.717) is 10.1 Å². The molecule has 0 N–H and O–H groups in total. The van der Waals surface area contributed by atoms with Crippen LogP contribution in [0.4, 0.5) is 4.39 Å². The van der Waals surface area contributed by atoms with Crippen molar-refractivity contribution in [2.24, 2.45) is 0 Å². The maximum absolute atomic E-state index is 13.2. The van der Waals surface area contributed by atoms with E-state index >= 15 is 0 Å². The molecule has 0 spiro atoms. The molecule has 0 aliphatic rings. The van der Waals surface area contributed by atoms with Crippen LogP contribution < -0.4 is 0 Å². The highest BCUT2D eigenvalue weighted by atomic mass is 35.5. The van der Waals surface area contributed by atoms with Crippen LogP contribution in [0.25, 0.3) is 22.0 Å². The zero-order chi connectivity index (χ0) is 17.2. The fourth-order valence-electron chi connectivity index (χ4n) is 2.43. The van der Waals surface area contributed by atoms with Crippen LogP contribution in [0, 0.1) is 5.82 Å². The monoisotopic (exact) mass is 388 g/mol. The van der Waals surface area contributed by atoms with Crippen molar-refractivity contribution < 1.29 is 4.39 Å². The van der Waals surface area contributed by atoms with Gasteiger partial charge in [0.2, 0.25) is 0 Å². The molecule has 2 aromatic carbocycles. The van der Waals surface area contributed by atoms with E-state index in [-0.39, 0.29) is 5.82 Å². The Morgan fingerprint density at radius 3 is 2.44 bits per heavy atom. The molecule has 0 atom stereocenters. The van der Waals surface area contributed by atoms with E-state index in [2.05, 4.69) is 19.8 Å². The van der Waals surface area contributed by atoms with E-state index in [1.165, 1.54) is 35.4 Å². The lowest BCUT2D eigenvalue weighted by Crippen LogP contribution is -1.94. The first-order chi connectivity index (χ1) is 12.2. The molecule has 4 nitrogen and oxygen atoms in total. The number of hydrogen-bond donors (Lipinski definition) is 0. The van der Waals surface area contributed by atoms with Gasteiger partial charge in [-0.25, -0.2) is 4.39 Å². The molecule has 2 aromatic heterocycles. The summed E-state index contributed by atoms with van der Waals surface area (Å²) in [6.07, 6.45) is 0. The van der Waals surface area contributed by atoms with Gasteiger partial charge in [0.25, 0.3) is 0 Å². The topological polar surface area (TPSA) is 51.6 Å². The number of benzene rings is 2. The third kappa shape index (κ3) is 3.35. The first-order valence-electron chi connectivity index (χ1n) is 7.33. The predicted molar refractivity (Wildman–Crippen MR) is 99.4 cm³/mol. The van der Waals surface area contributed by atoms with Crippen molar-refractivity contribution in [2.75, 3.05) is 0 Å². The van der Waals surface area contributed by atoms with Gasteiger partial charge in [0, 0.05) is 33.6 Å².